The number of H-pyrrole nitrogens is 1. The molecule has 2 heterocycles. The van der Waals surface area contributed by atoms with Crippen LogP contribution in [0.25, 0.3) is 0 Å². The first-order valence-corrected chi connectivity index (χ1v) is 4.23. The second-order valence-electron chi connectivity index (χ2n) is 3.52. The van der Waals surface area contributed by atoms with Gasteiger partial charge in [-0.3, -0.25) is 0 Å². The Morgan fingerprint density at radius 1 is 1.67 bits per heavy atom. The van der Waals surface area contributed by atoms with Gasteiger partial charge in [-0.05, 0) is 19.1 Å². The summed E-state index contributed by atoms with van der Waals surface area (Å²) < 4.78 is 5.22. The van der Waals surface area contributed by atoms with E-state index in [1.54, 1.807) is 0 Å². The third-order valence-electron chi connectivity index (χ3n) is 2.73. The highest BCUT2D eigenvalue weighted by atomic mass is 16.5. The smallest absolute Gasteiger partial charge is 0.0718 e. The van der Waals surface area contributed by atoms with Crippen molar-refractivity contribution >= 4 is 0 Å². The van der Waals surface area contributed by atoms with Gasteiger partial charge in [0.2, 0.25) is 0 Å². The molecule has 1 aliphatic rings. The van der Waals surface area contributed by atoms with Crippen LogP contribution in [0.2, 0.25) is 0 Å². The van der Waals surface area contributed by atoms with Crippen molar-refractivity contribution in [1.82, 2.24) is 4.98 Å². The molecule has 66 valence electrons. The molecule has 0 bridgehead atoms. The Bertz CT molecular complexity index is 250. The third-order valence-corrected chi connectivity index (χ3v) is 2.73. The minimum Gasteiger partial charge on any atom is -0.379 e. The largest absolute Gasteiger partial charge is 0.379 e. The SMILES string of the molecule is CC(N)C1(c2ccc[nH]2)COC1. The molecule has 1 aromatic heterocycles. The summed E-state index contributed by atoms with van der Waals surface area (Å²) in [5, 5.41) is 0. The van der Waals surface area contributed by atoms with E-state index >= 15 is 0 Å². The highest BCUT2D eigenvalue weighted by Crippen LogP contribution is 2.33. The van der Waals surface area contributed by atoms with Gasteiger partial charge in [-0.15, -0.1) is 0 Å². The molecule has 1 fully saturated rings. The summed E-state index contributed by atoms with van der Waals surface area (Å²) in [5.41, 5.74) is 7.17. The van der Waals surface area contributed by atoms with E-state index in [1.807, 2.05) is 19.2 Å². The second kappa shape index (κ2) is 2.61. The summed E-state index contributed by atoms with van der Waals surface area (Å²) in [5.74, 6) is 0. The number of nitrogens with one attached hydrogen (secondary N) is 1. The number of hydrogen-bond donors (Lipinski definition) is 2. The second-order valence-corrected chi connectivity index (χ2v) is 3.52. The Kier molecular flexibility index (Phi) is 1.70. The normalized spacial score (nSPS) is 23.2. The van der Waals surface area contributed by atoms with Crippen molar-refractivity contribution in [3.63, 3.8) is 0 Å². The summed E-state index contributed by atoms with van der Waals surface area (Å²) in [4.78, 5) is 3.20. The van der Waals surface area contributed by atoms with Crippen LogP contribution in [0.1, 0.15) is 12.6 Å². The molecule has 1 atom stereocenters. The highest BCUT2D eigenvalue weighted by molar-refractivity contribution is 5.23. The lowest BCUT2D eigenvalue weighted by atomic mass is 9.76. The van der Waals surface area contributed by atoms with Gasteiger partial charge in [0, 0.05) is 17.9 Å². The summed E-state index contributed by atoms with van der Waals surface area (Å²) in [6, 6.07) is 4.22. The van der Waals surface area contributed by atoms with Crippen molar-refractivity contribution < 1.29 is 4.74 Å². The van der Waals surface area contributed by atoms with Crippen LogP contribution in [0.4, 0.5) is 0 Å². The van der Waals surface area contributed by atoms with Crippen LogP contribution < -0.4 is 5.73 Å². The van der Waals surface area contributed by atoms with E-state index in [2.05, 4.69) is 11.1 Å². The van der Waals surface area contributed by atoms with Gasteiger partial charge in [-0.25, -0.2) is 0 Å². The van der Waals surface area contributed by atoms with E-state index in [4.69, 9.17) is 10.5 Å². The molecule has 1 unspecified atom stereocenters. The number of nitrogens with two attached hydrogens (primary N) is 1. The molecule has 3 N–H and O–H groups in total. The maximum Gasteiger partial charge on any atom is 0.0718 e. The molecule has 0 aliphatic carbocycles. The summed E-state index contributed by atoms with van der Waals surface area (Å²) in [6.45, 7) is 3.51. The average Bonchev–Trinajstić information content (AvgIpc) is 2.35. The molecule has 0 amide bonds. The Hall–Kier alpha value is -0.800. The lowest BCUT2D eigenvalue weighted by molar-refractivity contribution is -0.0720. The molecule has 0 spiro atoms. The Morgan fingerprint density at radius 3 is 2.75 bits per heavy atom. The minimum absolute atomic E-state index is 0.0451. The maximum atomic E-state index is 5.92. The van der Waals surface area contributed by atoms with Gasteiger partial charge in [-0.2, -0.15) is 0 Å². The van der Waals surface area contributed by atoms with Crippen LogP contribution in [0.5, 0.6) is 0 Å². The van der Waals surface area contributed by atoms with Crippen LogP contribution in [-0.4, -0.2) is 24.2 Å². The van der Waals surface area contributed by atoms with Gasteiger partial charge in [0.25, 0.3) is 0 Å². The highest BCUT2D eigenvalue weighted by Gasteiger charge is 2.44. The first-order chi connectivity index (χ1) is 5.76. The molecular formula is C9H14N2O. The van der Waals surface area contributed by atoms with Gasteiger partial charge in [0.1, 0.15) is 0 Å². The zero-order chi connectivity index (χ0) is 8.60. The molecule has 0 saturated carbocycles. The lowest BCUT2D eigenvalue weighted by Gasteiger charge is -2.43. The summed E-state index contributed by atoms with van der Waals surface area (Å²) >= 11 is 0. The van der Waals surface area contributed by atoms with Crippen molar-refractivity contribution in [2.24, 2.45) is 5.73 Å². The van der Waals surface area contributed by atoms with Crippen molar-refractivity contribution in [2.45, 2.75) is 18.4 Å². The molecule has 3 nitrogen and oxygen atoms in total. The van der Waals surface area contributed by atoms with Crippen molar-refractivity contribution in [1.29, 1.82) is 0 Å². The predicted octanol–water partition coefficient (Wildman–Crippen LogP) is 0.630. The first-order valence-electron chi connectivity index (χ1n) is 4.23. The van der Waals surface area contributed by atoms with E-state index in [9.17, 15) is 0 Å². The maximum absolute atomic E-state index is 5.92. The summed E-state index contributed by atoms with van der Waals surface area (Å²) in [7, 11) is 0. The third kappa shape index (κ3) is 0.901. The van der Waals surface area contributed by atoms with Crippen LogP contribution in [0.3, 0.4) is 0 Å². The van der Waals surface area contributed by atoms with Crippen LogP contribution in [-0.2, 0) is 10.2 Å². The Morgan fingerprint density at radius 2 is 2.42 bits per heavy atom. The van der Waals surface area contributed by atoms with Gasteiger partial charge < -0.3 is 15.5 Å². The standard InChI is InChI=1S/C9H14N2O/c1-7(10)9(5-12-6-9)8-3-2-4-11-8/h2-4,7,11H,5-6,10H2,1H3. The molecule has 12 heavy (non-hydrogen) atoms. The molecule has 0 radical (unpaired) electrons. The molecule has 1 aliphatic heterocycles. The molecule has 2 rings (SSSR count). The first kappa shape index (κ1) is 7.83. The van der Waals surface area contributed by atoms with E-state index < -0.39 is 0 Å². The number of aromatic nitrogens is 1. The zero-order valence-electron chi connectivity index (χ0n) is 7.21. The van der Waals surface area contributed by atoms with Gasteiger partial charge in [0.05, 0.1) is 18.6 Å². The van der Waals surface area contributed by atoms with Crippen molar-refractivity contribution in [3.05, 3.63) is 24.0 Å². The molecular weight excluding hydrogens is 152 g/mol. The van der Waals surface area contributed by atoms with Crippen LogP contribution >= 0.6 is 0 Å². The van der Waals surface area contributed by atoms with Crippen molar-refractivity contribution in [2.75, 3.05) is 13.2 Å². The molecule has 0 aromatic carbocycles. The van der Waals surface area contributed by atoms with Crippen molar-refractivity contribution in [3.8, 4) is 0 Å². The fourth-order valence-electron chi connectivity index (χ4n) is 1.63. The molecule has 3 heteroatoms. The predicted molar refractivity (Wildman–Crippen MR) is 46.9 cm³/mol. The average molecular weight is 166 g/mol. The number of hydrogen-bond acceptors (Lipinski definition) is 2. The number of ether oxygens (including phenoxy) is 1. The number of aromatic amines is 1. The van der Waals surface area contributed by atoms with Crippen LogP contribution in [0.15, 0.2) is 18.3 Å². The minimum atomic E-state index is 0.0451. The number of rotatable bonds is 2. The van der Waals surface area contributed by atoms with Crippen LogP contribution in [0, 0.1) is 0 Å². The zero-order valence-corrected chi connectivity index (χ0v) is 7.21. The lowest BCUT2D eigenvalue weighted by Crippen LogP contribution is -2.57. The molecule has 1 saturated heterocycles. The topological polar surface area (TPSA) is 51.0 Å². The fourth-order valence-corrected chi connectivity index (χ4v) is 1.63. The van der Waals surface area contributed by atoms with E-state index in [0.717, 1.165) is 13.2 Å². The van der Waals surface area contributed by atoms with E-state index in [1.165, 1.54) is 5.69 Å². The van der Waals surface area contributed by atoms with Gasteiger partial charge >= 0.3 is 0 Å². The van der Waals surface area contributed by atoms with Gasteiger partial charge in [-0.1, -0.05) is 0 Å². The Labute approximate surface area is 71.9 Å². The fraction of sp³-hybridized carbons (Fsp3) is 0.556. The Balaban J connectivity index is 2.29. The monoisotopic (exact) mass is 166 g/mol. The summed E-state index contributed by atoms with van der Waals surface area (Å²) in [6.07, 6.45) is 1.93. The molecule has 1 aromatic rings. The van der Waals surface area contributed by atoms with Gasteiger partial charge in [0.15, 0.2) is 0 Å². The van der Waals surface area contributed by atoms with E-state index in [0.29, 0.717) is 0 Å². The quantitative estimate of drug-likeness (QED) is 0.677. The van der Waals surface area contributed by atoms with E-state index in [-0.39, 0.29) is 11.5 Å².